The Balaban J connectivity index is 1.58. The van der Waals surface area contributed by atoms with Gasteiger partial charge in [0.1, 0.15) is 0 Å². The normalized spacial score (nSPS) is 16.1. The van der Waals surface area contributed by atoms with Gasteiger partial charge in [0.2, 0.25) is 15.9 Å². The van der Waals surface area contributed by atoms with Gasteiger partial charge in [0.15, 0.2) is 0 Å². The maximum Gasteiger partial charge on any atom is 0.243 e. The molecule has 3 rings (SSSR count). The van der Waals surface area contributed by atoms with Gasteiger partial charge in [-0.1, -0.05) is 29.8 Å². The van der Waals surface area contributed by atoms with Gasteiger partial charge in [0.05, 0.1) is 4.90 Å². The van der Waals surface area contributed by atoms with E-state index in [0.717, 1.165) is 18.7 Å². The minimum Gasteiger partial charge on any atom is -0.326 e. The Bertz CT molecular complexity index is 924. The van der Waals surface area contributed by atoms with Crippen LogP contribution in [0.15, 0.2) is 53.4 Å². The summed E-state index contributed by atoms with van der Waals surface area (Å²) < 4.78 is 27.0. The molecule has 28 heavy (non-hydrogen) atoms. The van der Waals surface area contributed by atoms with Crippen LogP contribution in [-0.4, -0.2) is 56.8 Å². The minimum atomic E-state index is -3.50. The summed E-state index contributed by atoms with van der Waals surface area (Å²) in [6.07, 6.45) is 0.840. The van der Waals surface area contributed by atoms with E-state index in [4.69, 9.17) is 11.6 Å². The standard InChI is InChI=1S/C20H24ClN3O3S/c1-23-12-14-24(15-13-23)28(26,27)18-9-7-17(8-10-18)22-20(25)11-6-16-4-2-3-5-19(16)21/h2-5,7-10H,6,11-15H2,1H3,(H,22,25). The number of carbonyl (C=O) groups is 1. The van der Waals surface area contributed by atoms with Crippen LogP contribution in [0.1, 0.15) is 12.0 Å². The largest absolute Gasteiger partial charge is 0.326 e. The Morgan fingerprint density at radius 3 is 2.32 bits per heavy atom. The summed E-state index contributed by atoms with van der Waals surface area (Å²) in [7, 11) is -1.52. The molecule has 0 aromatic heterocycles. The van der Waals surface area contributed by atoms with Gasteiger partial charge < -0.3 is 10.2 Å². The highest BCUT2D eigenvalue weighted by Crippen LogP contribution is 2.20. The lowest BCUT2D eigenvalue weighted by atomic mass is 10.1. The Labute approximate surface area is 171 Å². The molecule has 0 aliphatic carbocycles. The van der Waals surface area contributed by atoms with Crippen molar-refractivity contribution in [2.24, 2.45) is 0 Å². The van der Waals surface area contributed by atoms with Gasteiger partial charge in [-0.15, -0.1) is 0 Å². The zero-order valence-electron chi connectivity index (χ0n) is 15.8. The van der Waals surface area contributed by atoms with Gasteiger partial charge in [-0.25, -0.2) is 8.42 Å². The summed E-state index contributed by atoms with van der Waals surface area (Å²) in [6.45, 7) is 2.41. The van der Waals surface area contributed by atoms with E-state index in [-0.39, 0.29) is 10.8 Å². The van der Waals surface area contributed by atoms with Crippen LogP contribution in [0.4, 0.5) is 5.69 Å². The average molecular weight is 422 g/mol. The van der Waals surface area contributed by atoms with E-state index in [1.54, 1.807) is 18.2 Å². The summed E-state index contributed by atoms with van der Waals surface area (Å²) in [5.74, 6) is -0.144. The first-order valence-electron chi connectivity index (χ1n) is 9.18. The van der Waals surface area contributed by atoms with Crippen LogP contribution < -0.4 is 5.32 Å². The highest BCUT2D eigenvalue weighted by Gasteiger charge is 2.27. The van der Waals surface area contributed by atoms with Crippen LogP contribution in [-0.2, 0) is 21.2 Å². The third-order valence-corrected chi connectivity index (χ3v) is 7.10. The van der Waals surface area contributed by atoms with Crippen molar-refractivity contribution in [2.45, 2.75) is 17.7 Å². The van der Waals surface area contributed by atoms with E-state index >= 15 is 0 Å². The first-order chi connectivity index (χ1) is 13.4. The minimum absolute atomic E-state index is 0.144. The lowest BCUT2D eigenvalue weighted by Gasteiger charge is -2.31. The van der Waals surface area contributed by atoms with E-state index in [9.17, 15) is 13.2 Å². The second kappa shape index (κ2) is 9.05. The molecule has 0 atom stereocenters. The van der Waals surface area contributed by atoms with Crippen LogP contribution in [0.25, 0.3) is 0 Å². The van der Waals surface area contributed by atoms with Crippen molar-refractivity contribution in [1.82, 2.24) is 9.21 Å². The van der Waals surface area contributed by atoms with E-state index in [2.05, 4.69) is 10.2 Å². The summed E-state index contributed by atoms with van der Waals surface area (Å²) in [4.78, 5) is 14.5. The summed E-state index contributed by atoms with van der Waals surface area (Å²) in [6, 6.07) is 13.8. The van der Waals surface area contributed by atoms with E-state index < -0.39 is 10.0 Å². The molecule has 1 aliphatic heterocycles. The van der Waals surface area contributed by atoms with Crippen molar-refractivity contribution >= 4 is 33.2 Å². The zero-order chi connectivity index (χ0) is 20.1. The second-order valence-corrected chi connectivity index (χ2v) is 9.22. The monoisotopic (exact) mass is 421 g/mol. The van der Waals surface area contributed by atoms with Gasteiger partial charge in [-0.2, -0.15) is 4.31 Å². The van der Waals surface area contributed by atoms with Crippen LogP contribution in [0, 0.1) is 0 Å². The first kappa shape index (κ1) is 20.8. The second-order valence-electron chi connectivity index (χ2n) is 6.87. The predicted octanol–water partition coefficient (Wildman–Crippen LogP) is 2.85. The number of rotatable bonds is 6. The Morgan fingerprint density at radius 1 is 1.04 bits per heavy atom. The fourth-order valence-electron chi connectivity index (χ4n) is 3.06. The van der Waals surface area contributed by atoms with E-state index in [1.807, 2.05) is 25.2 Å². The number of amides is 1. The predicted molar refractivity (Wildman–Crippen MR) is 111 cm³/mol. The summed E-state index contributed by atoms with van der Waals surface area (Å²) in [5.41, 5.74) is 1.49. The molecule has 150 valence electrons. The molecule has 0 unspecified atom stereocenters. The SMILES string of the molecule is CN1CCN(S(=O)(=O)c2ccc(NC(=O)CCc3ccccc3Cl)cc2)CC1. The third-order valence-electron chi connectivity index (χ3n) is 4.82. The maximum atomic E-state index is 12.7. The molecular weight excluding hydrogens is 398 g/mol. The van der Waals surface area contributed by atoms with Crippen molar-refractivity contribution in [1.29, 1.82) is 0 Å². The lowest BCUT2D eigenvalue weighted by Crippen LogP contribution is -2.46. The topological polar surface area (TPSA) is 69.7 Å². The molecule has 1 amide bonds. The van der Waals surface area contributed by atoms with E-state index in [0.29, 0.717) is 36.6 Å². The quantitative estimate of drug-likeness (QED) is 0.778. The lowest BCUT2D eigenvalue weighted by molar-refractivity contribution is -0.116. The molecule has 0 radical (unpaired) electrons. The smallest absolute Gasteiger partial charge is 0.243 e. The molecule has 1 heterocycles. The molecule has 0 spiro atoms. The number of anilines is 1. The van der Waals surface area contributed by atoms with Crippen molar-refractivity contribution < 1.29 is 13.2 Å². The van der Waals surface area contributed by atoms with Crippen molar-refractivity contribution in [2.75, 3.05) is 38.5 Å². The Morgan fingerprint density at radius 2 is 1.68 bits per heavy atom. The highest BCUT2D eigenvalue weighted by atomic mass is 35.5. The van der Waals surface area contributed by atoms with Gasteiger partial charge in [0, 0.05) is 43.3 Å². The number of sulfonamides is 1. The third kappa shape index (κ3) is 5.11. The number of halogens is 1. The van der Waals surface area contributed by atoms with Crippen LogP contribution in [0.2, 0.25) is 5.02 Å². The summed E-state index contributed by atoms with van der Waals surface area (Å²) in [5, 5.41) is 3.45. The van der Waals surface area contributed by atoms with Gasteiger partial charge in [-0.3, -0.25) is 4.79 Å². The van der Waals surface area contributed by atoms with Crippen LogP contribution in [0.3, 0.4) is 0 Å². The van der Waals surface area contributed by atoms with Crippen molar-refractivity contribution in [3.8, 4) is 0 Å². The highest BCUT2D eigenvalue weighted by molar-refractivity contribution is 7.89. The molecule has 1 aliphatic rings. The number of nitrogens with one attached hydrogen (secondary N) is 1. The van der Waals surface area contributed by atoms with Crippen molar-refractivity contribution in [3.05, 3.63) is 59.1 Å². The number of carbonyl (C=O) groups excluding carboxylic acids is 1. The molecule has 0 saturated carbocycles. The van der Waals surface area contributed by atoms with Crippen LogP contribution >= 0.6 is 11.6 Å². The number of aryl methyl sites for hydroxylation is 1. The molecule has 2 aromatic carbocycles. The summed E-state index contributed by atoms with van der Waals surface area (Å²) >= 11 is 6.10. The average Bonchev–Trinajstić information content (AvgIpc) is 2.68. The van der Waals surface area contributed by atoms with E-state index in [1.165, 1.54) is 16.4 Å². The molecule has 6 nitrogen and oxygen atoms in total. The molecule has 1 N–H and O–H groups in total. The molecule has 0 bridgehead atoms. The van der Waals surface area contributed by atoms with Gasteiger partial charge in [-0.05, 0) is 49.4 Å². The number of hydrogen-bond acceptors (Lipinski definition) is 4. The number of benzene rings is 2. The first-order valence-corrected chi connectivity index (χ1v) is 11.0. The molecule has 2 aromatic rings. The Kier molecular flexibility index (Phi) is 6.72. The molecule has 8 heteroatoms. The molecular formula is C20H24ClN3O3S. The maximum absolute atomic E-state index is 12.7. The molecule has 1 saturated heterocycles. The number of hydrogen-bond donors (Lipinski definition) is 1. The fourth-order valence-corrected chi connectivity index (χ4v) is 4.71. The van der Waals surface area contributed by atoms with Gasteiger partial charge in [0.25, 0.3) is 0 Å². The zero-order valence-corrected chi connectivity index (χ0v) is 17.3. The fraction of sp³-hybridized carbons (Fsp3) is 0.350. The number of likely N-dealkylation sites (N-methyl/N-ethyl adjacent to an activating group) is 1. The van der Waals surface area contributed by atoms with Crippen molar-refractivity contribution in [3.63, 3.8) is 0 Å². The number of piperazine rings is 1. The Hall–Kier alpha value is -1.93. The van der Waals surface area contributed by atoms with Crippen LogP contribution in [0.5, 0.6) is 0 Å². The molecule has 1 fully saturated rings. The van der Waals surface area contributed by atoms with Gasteiger partial charge >= 0.3 is 0 Å². The number of nitrogens with zero attached hydrogens (tertiary/aromatic N) is 2.